The van der Waals surface area contributed by atoms with Crippen molar-refractivity contribution in [2.75, 3.05) is 0 Å². The molecule has 0 aliphatic carbocycles. The van der Waals surface area contributed by atoms with Gasteiger partial charge in [0.25, 0.3) is 0 Å². The molecule has 0 bridgehead atoms. The van der Waals surface area contributed by atoms with E-state index in [1.807, 2.05) is 0 Å². The van der Waals surface area contributed by atoms with Crippen molar-refractivity contribution in [1.29, 1.82) is 0 Å². The minimum Gasteiger partial charge on any atom is -0.382 e. The molecule has 3 rings (SSSR count). The van der Waals surface area contributed by atoms with E-state index < -0.39 is 6.10 Å². The van der Waals surface area contributed by atoms with Crippen LogP contribution in [0.2, 0.25) is 0 Å². The third-order valence-corrected chi connectivity index (χ3v) is 2.68. The van der Waals surface area contributed by atoms with Crippen LogP contribution in [-0.2, 0) is 7.05 Å². The van der Waals surface area contributed by atoms with E-state index in [1.165, 1.54) is 10.9 Å². The Bertz CT molecular complexity index is 657. The standard InChI is InChI=1S/C10H10N6O/c1-15-9(6-12-14-15)10(17)7-4-13-16-3-2-11-5-8(7)16/h2-6,10,17H,1H3. The van der Waals surface area contributed by atoms with Crippen molar-refractivity contribution in [3.05, 3.63) is 42.2 Å². The molecular weight excluding hydrogens is 220 g/mol. The summed E-state index contributed by atoms with van der Waals surface area (Å²) in [4.78, 5) is 4.02. The van der Waals surface area contributed by atoms with Crippen LogP contribution in [0.3, 0.4) is 0 Å². The van der Waals surface area contributed by atoms with Gasteiger partial charge in [0, 0.05) is 25.0 Å². The largest absolute Gasteiger partial charge is 0.382 e. The summed E-state index contributed by atoms with van der Waals surface area (Å²) < 4.78 is 3.19. The minimum atomic E-state index is -0.809. The Balaban J connectivity index is 2.13. The van der Waals surface area contributed by atoms with Gasteiger partial charge in [-0.15, -0.1) is 5.10 Å². The number of hydrogen-bond donors (Lipinski definition) is 1. The van der Waals surface area contributed by atoms with E-state index in [0.29, 0.717) is 11.3 Å². The molecule has 0 radical (unpaired) electrons. The van der Waals surface area contributed by atoms with Crippen molar-refractivity contribution in [3.63, 3.8) is 0 Å². The van der Waals surface area contributed by atoms with Crippen molar-refractivity contribution >= 4 is 5.52 Å². The molecule has 0 fully saturated rings. The van der Waals surface area contributed by atoms with Gasteiger partial charge in [-0.2, -0.15) is 5.10 Å². The Kier molecular flexibility index (Phi) is 2.12. The molecule has 0 spiro atoms. The molecule has 3 aromatic heterocycles. The van der Waals surface area contributed by atoms with E-state index in [0.717, 1.165) is 5.52 Å². The Morgan fingerprint density at radius 3 is 2.94 bits per heavy atom. The predicted octanol–water partition coefficient (Wildman–Crippen LogP) is -0.0605. The number of aromatic nitrogens is 6. The predicted molar refractivity (Wildman–Crippen MR) is 58.1 cm³/mol. The molecule has 0 aromatic carbocycles. The van der Waals surface area contributed by atoms with Crippen molar-refractivity contribution in [3.8, 4) is 0 Å². The van der Waals surface area contributed by atoms with Crippen LogP contribution >= 0.6 is 0 Å². The summed E-state index contributed by atoms with van der Waals surface area (Å²) in [5.41, 5.74) is 2.06. The summed E-state index contributed by atoms with van der Waals surface area (Å²) in [5.74, 6) is 0. The lowest BCUT2D eigenvalue weighted by molar-refractivity contribution is 0.211. The first kappa shape index (κ1) is 9.91. The molecule has 86 valence electrons. The monoisotopic (exact) mass is 230 g/mol. The topological polar surface area (TPSA) is 81.1 Å². The molecule has 1 unspecified atom stereocenters. The van der Waals surface area contributed by atoms with Crippen LogP contribution in [0.25, 0.3) is 5.52 Å². The highest BCUT2D eigenvalue weighted by Crippen LogP contribution is 2.23. The maximum Gasteiger partial charge on any atom is 0.126 e. The van der Waals surface area contributed by atoms with Crippen LogP contribution in [-0.4, -0.2) is 34.7 Å². The number of hydrogen-bond acceptors (Lipinski definition) is 5. The summed E-state index contributed by atoms with van der Waals surface area (Å²) in [6, 6.07) is 0. The fraction of sp³-hybridized carbons (Fsp3) is 0.200. The van der Waals surface area contributed by atoms with Gasteiger partial charge in [-0.05, 0) is 0 Å². The fourth-order valence-corrected chi connectivity index (χ4v) is 1.77. The zero-order valence-electron chi connectivity index (χ0n) is 9.09. The van der Waals surface area contributed by atoms with Gasteiger partial charge < -0.3 is 5.11 Å². The van der Waals surface area contributed by atoms with Crippen molar-refractivity contribution in [2.45, 2.75) is 6.10 Å². The second kappa shape index (κ2) is 3.63. The zero-order valence-corrected chi connectivity index (χ0v) is 9.09. The third-order valence-electron chi connectivity index (χ3n) is 2.68. The van der Waals surface area contributed by atoms with Gasteiger partial charge in [0.1, 0.15) is 6.10 Å². The molecule has 0 saturated carbocycles. The molecule has 3 aromatic rings. The first-order valence-electron chi connectivity index (χ1n) is 5.07. The van der Waals surface area contributed by atoms with Crippen LogP contribution in [0, 0.1) is 0 Å². The fourth-order valence-electron chi connectivity index (χ4n) is 1.77. The number of fused-ring (bicyclic) bond motifs is 1. The third kappa shape index (κ3) is 1.48. The van der Waals surface area contributed by atoms with Crippen molar-refractivity contribution in [1.82, 2.24) is 29.6 Å². The molecule has 1 N–H and O–H groups in total. The first-order valence-corrected chi connectivity index (χ1v) is 5.07. The Labute approximate surface area is 96.3 Å². The summed E-state index contributed by atoms with van der Waals surface area (Å²) in [7, 11) is 1.73. The molecule has 3 heterocycles. The highest BCUT2D eigenvalue weighted by molar-refractivity contribution is 5.54. The number of aliphatic hydroxyl groups excluding tert-OH is 1. The SMILES string of the molecule is Cn1nncc1C(O)c1cnn2ccncc12. The Morgan fingerprint density at radius 2 is 2.18 bits per heavy atom. The summed E-state index contributed by atoms with van der Waals surface area (Å²) in [6.45, 7) is 0. The van der Waals surface area contributed by atoms with Gasteiger partial charge in [-0.25, -0.2) is 9.20 Å². The van der Waals surface area contributed by atoms with Crippen LogP contribution < -0.4 is 0 Å². The van der Waals surface area contributed by atoms with Crippen LogP contribution in [0.1, 0.15) is 17.4 Å². The molecule has 7 nitrogen and oxygen atoms in total. The number of aliphatic hydroxyl groups is 1. The summed E-state index contributed by atoms with van der Waals surface area (Å²) in [5, 5.41) is 21.9. The van der Waals surface area contributed by atoms with E-state index in [9.17, 15) is 5.11 Å². The van der Waals surface area contributed by atoms with Crippen LogP contribution in [0.15, 0.2) is 31.0 Å². The maximum atomic E-state index is 10.3. The lowest BCUT2D eigenvalue weighted by Crippen LogP contribution is -2.06. The van der Waals surface area contributed by atoms with E-state index in [2.05, 4.69) is 20.4 Å². The second-order valence-electron chi connectivity index (χ2n) is 3.69. The summed E-state index contributed by atoms with van der Waals surface area (Å²) >= 11 is 0. The number of aryl methyl sites for hydroxylation is 1. The minimum absolute atomic E-state index is 0.615. The van der Waals surface area contributed by atoms with Gasteiger partial charge in [-0.1, -0.05) is 5.21 Å². The normalized spacial score (nSPS) is 13.1. The Hall–Kier alpha value is -2.28. The number of rotatable bonds is 2. The maximum absolute atomic E-state index is 10.3. The lowest BCUT2D eigenvalue weighted by Gasteiger charge is -2.08. The molecule has 0 aliphatic heterocycles. The van der Waals surface area contributed by atoms with E-state index in [-0.39, 0.29) is 0 Å². The number of nitrogens with zero attached hydrogens (tertiary/aromatic N) is 6. The van der Waals surface area contributed by atoms with Gasteiger partial charge in [0.05, 0.1) is 29.8 Å². The zero-order chi connectivity index (χ0) is 11.8. The molecule has 0 saturated heterocycles. The lowest BCUT2D eigenvalue weighted by atomic mass is 10.1. The van der Waals surface area contributed by atoms with Crippen LogP contribution in [0.5, 0.6) is 0 Å². The van der Waals surface area contributed by atoms with E-state index in [1.54, 1.807) is 36.4 Å². The first-order chi connectivity index (χ1) is 8.27. The van der Waals surface area contributed by atoms with E-state index in [4.69, 9.17) is 0 Å². The molecule has 1 atom stereocenters. The van der Waals surface area contributed by atoms with Gasteiger partial charge in [-0.3, -0.25) is 4.98 Å². The smallest absolute Gasteiger partial charge is 0.126 e. The summed E-state index contributed by atoms with van der Waals surface area (Å²) in [6.07, 6.45) is 7.38. The van der Waals surface area contributed by atoms with Gasteiger partial charge >= 0.3 is 0 Å². The molecule has 0 amide bonds. The van der Waals surface area contributed by atoms with Gasteiger partial charge in [0.2, 0.25) is 0 Å². The molecule has 7 heteroatoms. The molecular formula is C10H10N6O. The van der Waals surface area contributed by atoms with Gasteiger partial charge in [0.15, 0.2) is 0 Å². The highest BCUT2D eigenvalue weighted by Gasteiger charge is 2.19. The van der Waals surface area contributed by atoms with Crippen molar-refractivity contribution in [2.24, 2.45) is 7.05 Å². The molecule has 17 heavy (non-hydrogen) atoms. The van der Waals surface area contributed by atoms with Crippen LogP contribution in [0.4, 0.5) is 0 Å². The average Bonchev–Trinajstić information content (AvgIpc) is 2.94. The average molecular weight is 230 g/mol. The molecule has 0 aliphatic rings. The second-order valence-corrected chi connectivity index (χ2v) is 3.69. The van der Waals surface area contributed by atoms with E-state index >= 15 is 0 Å². The Morgan fingerprint density at radius 1 is 1.29 bits per heavy atom. The van der Waals surface area contributed by atoms with Crippen molar-refractivity contribution < 1.29 is 5.11 Å². The quantitative estimate of drug-likeness (QED) is 0.667. The highest BCUT2D eigenvalue weighted by atomic mass is 16.3.